The monoisotopic (exact) mass is 330 g/mol. The molecule has 0 aromatic heterocycles. The van der Waals surface area contributed by atoms with E-state index in [0.717, 1.165) is 44.1 Å². The SMILES string of the molecule is O=C1CCC(NC(=O)C2CCC2c2ccc(F)cc2)C2(CCC2)N1. The fraction of sp³-hybridized carbons (Fsp3) is 0.579. The molecule has 1 aromatic carbocycles. The second-order valence-corrected chi connectivity index (χ2v) is 7.50. The number of rotatable bonds is 3. The van der Waals surface area contributed by atoms with Gasteiger partial charge in [0.2, 0.25) is 11.8 Å². The minimum atomic E-state index is -0.246. The molecule has 2 N–H and O–H groups in total. The van der Waals surface area contributed by atoms with Crippen molar-refractivity contribution in [1.82, 2.24) is 10.6 Å². The Morgan fingerprint density at radius 1 is 1.17 bits per heavy atom. The second kappa shape index (κ2) is 5.87. The number of nitrogens with one attached hydrogen (secondary N) is 2. The molecule has 24 heavy (non-hydrogen) atoms. The molecule has 3 unspecified atom stereocenters. The Balaban J connectivity index is 1.42. The number of hydrogen-bond acceptors (Lipinski definition) is 2. The largest absolute Gasteiger partial charge is 0.351 e. The van der Waals surface area contributed by atoms with E-state index in [0.29, 0.717) is 6.42 Å². The summed E-state index contributed by atoms with van der Waals surface area (Å²) < 4.78 is 13.1. The molecule has 2 aliphatic carbocycles. The topological polar surface area (TPSA) is 58.2 Å². The lowest BCUT2D eigenvalue weighted by atomic mass is 9.66. The van der Waals surface area contributed by atoms with Crippen LogP contribution in [0.1, 0.15) is 56.4 Å². The lowest BCUT2D eigenvalue weighted by molar-refractivity contribution is -0.135. The quantitative estimate of drug-likeness (QED) is 0.895. The number of benzene rings is 1. The summed E-state index contributed by atoms with van der Waals surface area (Å²) in [6, 6.07) is 6.54. The molecule has 2 amide bonds. The average Bonchev–Trinajstić information content (AvgIpc) is 2.48. The minimum absolute atomic E-state index is 0.0368. The van der Waals surface area contributed by atoms with E-state index < -0.39 is 0 Å². The number of carbonyl (C=O) groups excluding carboxylic acids is 2. The van der Waals surface area contributed by atoms with E-state index in [1.165, 1.54) is 12.1 Å². The summed E-state index contributed by atoms with van der Waals surface area (Å²) in [5.74, 6) is 0.0892. The van der Waals surface area contributed by atoms with Crippen LogP contribution in [0.3, 0.4) is 0 Å². The van der Waals surface area contributed by atoms with E-state index >= 15 is 0 Å². The molecule has 5 heteroatoms. The van der Waals surface area contributed by atoms with Crippen LogP contribution in [0.2, 0.25) is 0 Å². The van der Waals surface area contributed by atoms with Crippen molar-refractivity contribution < 1.29 is 14.0 Å². The van der Waals surface area contributed by atoms with Crippen molar-refractivity contribution in [1.29, 1.82) is 0 Å². The molecule has 128 valence electrons. The van der Waals surface area contributed by atoms with Gasteiger partial charge in [0, 0.05) is 12.3 Å². The smallest absolute Gasteiger partial charge is 0.224 e. The highest BCUT2D eigenvalue weighted by molar-refractivity contribution is 5.83. The van der Waals surface area contributed by atoms with E-state index in [4.69, 9.17) is 0 Å². The molecule has 4 nitrogen and oxygen atoms in total. The molecule has 1 spiro atoms. The molecular weight excluding hydrogens is 307 g/mol. The van der Waals surface area contributed by atoms with Crippen molar-refractivity contribution >= 4 is 11.8 Å². The highest BCUT2D eigenvalue weighted by Crippen LogP contribution is 2.44. The van der Waals surface area contributed by atoms with Gasteiger partial charge < -0.3 is 10.6 Å². The van der Waals surface area contributed by atoms with Crippen LogP contribution in [0, 0.1) is 11.7 Å². The standard InChI is InChI=1S/C19H23FN2O2/c20-13-4-2-12(3-5-13)14-6-7-15(14)18(24)21-16-8-9-17(23)22-19(16)10-1-11-19/h2-5,14-16H,1,6-11H2,(H,21,24)(H,22,23). The van der Waals surface area contributed by atoms with E-state index in [-0.39, 0.29) is 41.0 Å². The van der Waals surface area contributed by atoms with Crippen molar-refractivity contribution in [2.24, 2.45) is 5.92 Å². The zero-order valence-corrected chi connectivity index (χ0v) is 13.7. The van der Waals surface area contributed by atoms with Gasteiger partial charge in [0.05, 0.1) is 11.6 Å². The Bertz CT molecular complexity index is 654. The first kappa shape index (κ1) is 15.6. The Hall–Kier alpha value is -1.91. The van der Waals surface area contributed by atoms with E-state index in [9.17, 15) is 14.0 Å². The third kappa shape index (κ3) is 2.60. The first-order valence-electron chi connectivity index (χ1n) is 8.94. The molecule has 0 bridgehead atoms. The molecule has 0 radical (unpaired) electrons. The van der Waals surface area contributed by atoms with Gasteiger partial charge in [0.15, 0.2) is 0 Å². The van der Waals surface area contributed by atoms with Crippen molar-refractivity contribution in [3.05, 3.63) is 35.6 Å². The van der Waals surface area contributed by atoms with Gasteiger partial charge in [-0.25, -0.2) is 4.39 Å². The minimum Gasteiger partial charge on any atom is -0.351 e. The van der Waals surface area contributed by atoms with Crippen LogP contribution in [-0.4, -0.2) is 23.4 Å². The lowest BCUT2D eigenvalue weighted by Crippen LogP contribution is -2.69. The Labute approximate surface area is 141 Å². The summed E-state index contributed by atoms with van der Waals surface area (Å²) in [4.78, 5) is 24.5. The Morgan fingerprint density at radius 3 is 2.50 bits per heavy atom. The van der Waals surface area contributed by atoms with E-state index in [1.54, 1.807) is 12.1 Å². The van der Waals surface area contributed by atoms with Crippen LogP contribution in [0.4, 0.5) is 4.39 Å². The van der Waals surface area contributed by atoms with Gasteiger partial charge in [0.25, 0.3) is 0 Å². The fourth-order valence-electron chi connectivity index (χ4n) is 4.42. The van der Waals surface area contributed by atoms with Crippen LogP contribution >= 0.6 is 0 Å². The van der Waals surface area contributed by atoms with Gasteiger partial charge >= 0.3 is 0 Å². The molecule has 1 aromatic rings. The van der Waals surface area contributed by atoms with Gasteiger partial charge in [-0.05, 0) is 62.1 Å². The lowest BCUT2D eigenvalue weighted by Gasteiger charge is -2.51. The zero-order valence-electron chi connectivity index (χ0n) is 13.7. The highest BCUT2D eigenvalue weighted by Gasteiger charge is 2.49. The molecule has 3 aliphatic rings. The molecule has 1 heterocycles. The number of amides is 2. The molecule has 3 fully saturated rings. The Morgan fingerprint density at radius 2 is 1.92 bits per heavy atom. The average molecular weight is 330 g/mol. The van der Waals surface area contributed by atoms with Gasteiger partial charge in [-0.15, -0.1) is 0 Å². The normalized spacial score (nSPS) is 30.9. The number of carbonyl (C=O) groups is 2. The summed E-state index contributed by atoms with van der Waals surface area (Å²) in [5, 5.41) is 6.33. The van der Waals surface area contributed by atoms with Crippen molar-refractivity contribution in [2.75, 3.05) is 0 Å². The number of hydrogen-bond donors (Lipinski definition) is 2. The third-order valence-electron chi connectivity index (χ3n) is 6.19. The summed E-state index contributed by atoms with van der Waals surface area (Å²) in [7, 11) is 0. The van der Waals surface area contributed by atoms with Crippen molar-refractivity contribution in [3.8, 4) is 0 Å². The van der Waals surface area contributed by atoms with Gasteiger partial charge in [-0.2, -0.15) is 0 Å². The molecular formula is C19H23FN2O2. The molecule has 1 aliphatic heterocycles. The second-order valence-electron chi connectivity index (χ2n) is 7.50. The maximum atomic E-state index is 13.1. The predicted octanol–water partition coefficient (Wildman–Crippen LogP) is 2.64. The van der Waals surface area contributed by atoms with Gasteiger partial charge in [-0.1, -0.05) is 12.1 Å². The van der Waals surface area contributed by atoms with Crippen molar-refractivity contribution in [2.45, 2.75) is 62.4 Å². The maximum Gasteiger partial charge on any atom is 0.224 e. The van der Waals surface area contributed by atoms with Crippen LogP contribution in [0.5, 0.6) is 0 Å². The summed E-state index contributed by atoms with van der Waals surface area (Å²) in [6.07, 6.45) is 6.07. The summed E-state index contributed by atoms with van der Waals surface area (Å²) in [6.45, 7) is 0. The van der Waals surface area contributed by atoms with Gasteiger partial charge in [-0.3, -0.25) is 9.59 Å². The fourth-order valence-corrected chi connectivity index (χ4v) is 4.42. The van der Waals surface area contributed by atoms with Gasteiger partial charge in [0.1, 0.15) is 5.82 Å². The first-order valence-corrected chi connectivity index (χ1v) is 8.94. The van der Waals surface area contributed by atoms with Crippen LogP contribution in [0.25, 0.3) is 0 Å². The summed E-state index contributed by atoms with van der Waals surface area (Å²) in [5.41, 5.74) is 0.832. The van der Waals surface area contributed by atoms with E-state index in [1.807, 2.05) is 0 Å². The first-order chi connectivity index (χ1) is 11.6. The third-order valence-corrected chi connectivity index (χ3v) is 6.19. The molecule has 2 saturated carbocycles. The Kier molecular flexibility index (Phi) is 3.82. The predicted molar refractivity (Wildman–Crippen MR) is 87.8 cm³/mol. The molecule has 4 rings (SSSR count). The van der Waals surface area contributed by atoms with Crippen LogP contribution < -0.4 is 10.6 Å². The number of piperidine rings is 1. The summed E-state index contributed by atoms with van der Waals surface area (Å²) >= 11 is 0. The van der Waals surface area contributed by atoms with Crippen molar-refractivity contribution in [3.63, 3.8) is 0 Å². The molecule has 1 saturated heterocycles. The van der Waals surface area contributed by atoms with E-state index in [2.05, 4.69) is 10.6 Å². The number of halogens is 1. The van der Waals surface area contributed by atoms with Crippen LogP contribution in [-0.2, 0) is 9.59 Å². The maximum absolute atomic E-state index is 13.1. The molecule has 3 atom stereocenters. The zero-order chi connectivity index (χ0) is 16.7. The highest BCUT2D eigenvalue weighted by atomic mass is 19.1. The van der Waals surface area contributed by atoms with Crippen LogP contribution in [0.15, 0.2) is 24.3 Å².